The summed E-state index contributed by atoms with van der Waals surface area (Å²) >= 11 is 0. The monoisotopic (exact) mass is 316 g/mol. The van der Waals surface area contributed by atoms with E-state index < -0.39 is 11.6 Å². The summed E-state index contributed by atoms with van der Waals surface area (Å²) in [6.45, 7) is 0.120. The lowest BCUT2D eigenvalue weighted by atomic mass is 10.1. The van der Waals surface area contributed by atoms with Crippen LogP contribution in [0.2, 0.25) is 0 Å². The quantitative estimate of drug-likeness (QED) is 0.936. The number of nitrogens with one attached hydrogen (secondary N) is 1. The van der Waals surface area contributed by atoms with Crippen LogP contribution in [0.1, 0.15) is 23.6 Å². The molecule has 0 heterocycles. The molecule has 0 spiro atoms. The van der Waals surface area contributed by atoms with E-state index in [-0.39, 0.29) is 24.2 Å². The second-order valence-corrected chi connectivity index (χ2v) is 5.84. The molecule has 3 nitrogen and oxygen atoms in total. The average Bonchev–Trinajstić information content (AvgIpc) is 2.95. The summed E-state index contributed by atoms with van der Waals surface area (Å²) in [5.41, 5.74) is 2.41. The van der Waals surface area contributed by atoms with Crippen LogP contribution in [-0.2, 0) is 11.2 Å². The lowest BCUT2D eigenvalue weighted by Crippen LogP contribution is -2.32. The highest BCUT2D eigenvalue weighted by Crippen LogP contribution is 2.34. The minimum atomic E-state index is -0.645. The fourth-order valence-electron chi connectivity index (χ4n) is 3.11. The SMILES string of the molecule is CN(CC(=O)Nc1cc(F)ccc1F)[C@H]1CCc2ccccc21. The highest BCUT2D eigenvalue weighted by Gasteiger charge is 2.26. The number of benzene rings is 2. The van der Waals surface area contributed by atoms with Crippen molar-refractivity contribution in [2.45, 2.75) is 18.9 Å². The number of hydrogen-bond donors (Lipinski definition) is 1. The summed E-state index contributed by atoms with van der Waals surface area (Å²) < 4.78 is 26.7. The molecule has 3 rings (SSSR count). The van der Waals surface area contributed by atoms with Gasteiger partial charge in [0.2, 0.25) is 5.91 Å². The van der Waals surface area contributed by atoms with Gasteiger partial charge < -0.3 is 5.32 Å². The number of carbonyl (C=O) groups is 1. The molecule has 1 aliphatic carbocycles. The van der Waals surface area contributed by atoms with Crippen LogP contribution in [0.15, 0.2) is 42.5 Å². The lowest BCUT2D eigenvalue weighted by Gasteiger charge is -2.24. The van der Waals surface area contributed by atoms with Crippen molar-refractivity contribution in [2.24, 2.45) is 0 Å². The van der Waals surface area contributed by atoms with Crippen molar-refractivity contribution in [1.29, 1.82) is 0 Å². The van der Waals surface area contributed by atoms with Gasteiger partial charge in [0.1, 0.15) is 11.6 Å². The summed E-state index contributed by atoms with van der Waals surface area (Å²) in [5.74, 6) is -1.59. The van der Waals surface area contributed by atoms with Gasteiger partial charge in [0, 0.05) is 12.1 Å². The highest BCUT2D eigenvalue weighted by molar-refractivity contribution is 5.92. The minimum absolute atomic E-state index is 0.120. The van der Waals surface area contributed by atoms with Crippen LogP contribution >= 0.6 is 0 Å². The van der Waals surface area contributed by atoms with Crippen LogP contribution in [0.25, 0.3) is 0 Å². The molecular formula is C18H18F2N2O. The number of amides is 1. The summed E-state index contributed by atoms with van der Waals surface area (Å²) in [5, 5.41) is 2.43. The average molecular weight is 316 g/mol. The van der Waals surface area contributed by atoms with Gasteiger partial charge in [-0.3, -0.25) is 9.69 Å². The second kappa shape index (κ2) is 6.46. The van der Waals surface area contributed by atoms with Crippen LogP contribution in [0.5, 0.6) is 0 Å². The molecule has 1 atom stereocenters. The first kappa shape index (κ1) is 15.6. The third kappa shape index (κ3) is 3.40. The molecule has 5 heteroatoms. The van der Waals surface area contributed by atoms with Crippen molar-refractivity contribution < 1.29 is 13.6 Å². The van der Waals surface area contributed by atoms with Gasteiger partial charge in [0.15, 0.2) is 0 Å². The van der Waals surface area contributed by atoms with E-state index in [1.54, 1.807) is 0 Å². The van der Waals surface area contributed by atoms with Crippen LogP contribution in [-0.4, -0.2) is 24.4 Å². The van der Waals surface area contributed by atoms with Crippen molar-refractivity contribution in [3.63, 3.8) is 0 Å². The van der Waals surface area contributed by atoms with Gasteiger partial charge in [-0.15, -0.1) is 0 Å². The Labute approximate surface area is 133 Å². The standard InChI is InChI=1S/C18H18F2N2O/c1-22(17-9-6-12-4-2-3-5-14(12)17)11-18(23)21-16-10-13(19)7-8-15(16)20/h2-5,7-8,10,17H,6,9,11H2,1H3,(H,21,23)/t17-/m0/s1. The Bertz CT molecular complexity index is 733. The van der Waals surface area contributed by atoms with Gasteiger partial charge >= 0.3 is 0 Å². The molecule has 0 bridgehead atoms. The van der Waals surface area contributed by atoms with E-state index in [1.807, 2.05) is 24.1 Å². The third-order valence-corrected chi connectivity index (χ3v) is 4.23. The largest absolute Gasteiger partial charge is 0.322 e. The predicted molar refractivity (Wildman–Crippen MR) is 85.1 cm³/mol. The molecule has 0 fully saturated rings. The van der Waals surface area contributed by atoms with Gasteiger partial charge in [0.25, 0.3) is 0 Å². The van der Waals surface area contributed by atoms with E-state index in [0.29, 0.717) is 0 Å². The predicted octanol–water partition coefficient (Wildman–Crippen LogP) is 3.52. The highest BCUT2D eigenvalue weighted by atomic mass is 19.1. The van der Waals surface area contributed by atoms with Crippen LogP contribution < -0.4 is 5.32 Å². The maximum Gasteiger partial charge on any atom is 0.238 e. The van der Waals surface area contributed by atoms with Crippen molar-refractivity contribution in [3.05, 3.63) is 65.2 Å². The Morgan fingerprint density at radius 2 is 2.04 bits per heavy atom. The van der Waals surface area contributed by atoms with Gasteiger partial charge in [0.05, 0.1) is 12.2 Å². The van der Waals surface area contributed by atoms with E-state index in [4.69, 9.17) is 0 Å². The number of likely N-dealkylation sites (N-methyl/N-ethyl adjacent to an activating group) is 1. The van der Waals surface area contributed by atoms with Gasteiger partial charge in [-0.25, -0.2) is 8.78 Å². The number of hydrogen-bond acceptors (Lipinski definition) is 2. The van der Waals surface area contributed by atoms with Gasteiger partial charge in [-0.2, -0.15) is 0 Å². The molecule has 0 saturated carbocycles. The molecule has 0 aromatic heterocycles. The first-order valence-corrected chi connectivity index (χ1v) is 7.57. The normalized spacial score (nSPS) is 16.4. The zero-order valence-corrected chi connectivity index (χ0v) is 12.9. The van der Waals surface area contributed by atoms with Gasteiger partial charge in [-0.05, 0) is 43.1 Å². The van der Waals surface area contributed by atoms with E-state index >= 15 is 0 Å². The topological polar surface area (TPSA) is 32.3 Å². The van der Waals surface area contributed by atoms with Crippen molar-refractivity contribution in [1.82, 2.24) is 4.90 Å². The maximum absolute atomic E-state index is 13.6. The molecule has 0 saturated heterocycles. The van der Waals surface area contributed by atoms with Gasteiger partial charge in [-0.1, -0.05) is 24.3 Å². The molecule has 0 unspecified atom stereocenters. The minimum Gasteiger partial charge on any atom is -0.322 e. The maximum atomic E-state index is 13.6. The fourth-order valence-corrected chi connectivity index (χ4v) is 3.11. The molecule has 2 aromatic rings. The second-order valence-electron chi connectivity index (χ2n) is 5.84. The molecule has 0 radical (unpaired) electrons. The zero-order chi connectivity index (χ0) is 16.4. The molecule has 1 aliphatic rings. The number of nitrogens with zero attached hydrogens (tertiary/aromatic N) is 1. The Morgan fingerprint density at radius 1 is 1.26 bits per heavy atom. The number of fused-ring (bicyclic) bond motifs is 1. The third-order valence-electron chi connectivity index (χ3n) is 4.23. The molecular weight excluding hydrogens is 298 g/mol. The van der Waals surface area contributed by atoms with Crippen molar-refractivity contribution >= 4 is 11.6 Å². The van der Waals surface area contributed by atoms with E-state index in [0.717, 1.165) is 31.0 Å². The Kier molecular flexibility index (Phi) is 4.39. The molecule has 1 N–H and O–H groups in total. The number of rotatable bonds is 4. The van der Waals surface area contributed by atoms with E-state index in [9.17, 15) is 13.6 Å². The Balaban J connectivity index is 1.65. The lowest BCUT2D eigenvalue weighted by molar-refractivity contribution is -0.117. The van der Waals surface area contributed by atoms with E-state index in [1.165, 1.54) is 11.1 Å². The fraction of sp³-hybridized carbons (Fsp3) is 0.278. The number of aryl methyl sites for hydroxylation is 1. The smallest absolute Gasteiger partial charge is 0.238 e. The van der Waals surface area contributed by atoms with Crippen LogP contribution in [0.3, 0.4) is 0 Å². The van der Waals surface area contributed by atoms with Crippen molar-refractivity contribution in [3.8, 4) is 0 Å². The van der Waals surface area contributed by atoms with Crippen molar-refractivity contribution in [2.75, 3.05) is 18.9 Å². The Morgan fingerprint density at radius 3 is 2.87 bits per heavy atom. The number of halogens is 2. The molecule has 120 valence electrons. The summed E-state index contributed by atoms with van der Waals surface area (Å²) in [6.07, 6.45) is 1.95. The Hall–Kier alpha value is -2.27. The van der Waals surface area contributed by atoms with Crippen LogP contribution in [0.4, 0.5) is 14.5 Å². The zero-order valence-electron chi connectivity index (χ0n) is 12.9. The summed E-state index contributed by atoms with van der Waals surface area (Å²) in [6, 6.07) is 11.4. The summed E-state index contributed by atoms with van der Waals surface area (Å²) in [4.78, 5) is 14.1. The summed E-state index contributed by atoms with van der Waals surface area (Å²) in [7, 11) is 1.87. The van der Waals surface area contributed by atoms with Crippen LogP contribution in [0, 0.1) is 11.6 Å². The number of carbonyl (C=O) groups excluding carboxylic acids is 1. The molecule has 1 amide bonds. The molecule has 2 aromatic carbocycles. The first-order valence-electron chi connectivity index (χ1n) is 7.57. The first-order chi connectivity index (χ1) is 11.0. The number of anilines is 1. The van der Waals surface area contributed by atoms with E-state index in [2.05, 4.69) is 17.4 Å². The molecule has 23 heavy (non-hydrogen) atoms. The molecule has 0 aliphatic heterocycles.